The van der Waals surface area contributed by atoms with Gasteiger partial charge < -0.3 is 14.8 Å². The van der Waals surface area contributed by atoms with Crippen LogP contribution >= 0.6 is 0 Å². The molecule has 0 aliphatic carbocycles. The third-order valence-corrected chi connectivity index (χ3v) is 3.54. The number of hydrogen-bond acceptors (Lipinski definition) is 4. The number of pyridine rings is 1. The van der Waals surface area contributed by atoms with E-state index in [0.717, 1.165) is 12.8 Å². The second kappa shape index (κ2) is 7.19. The van der Waals surface area contributed by atoms with Gasteiger partial charge in [-0.05, 0) is 31.0 Å². The quantitative estimate of drug-likeness (QED) is 0.921. The molecular formula is C17H17FN2O3. The van der Waals surface area contributed by atoms with Crippen LogP contribution in [0.25, 0.3) is 0 Å². The van der Waals surface area contributed by atoms with Gasteiger partial charge in [-0.2, -0.15) is 0 Å². The SMILES string of the molecule is O=C(NCc1cccnc1Oc1cccc(F)c1)[C@H]1CCCO1. The topological polar surface area (TPSA) is 60.5 Å². The summed E-state index contributed by atoms with van der Waals surface area (Å²) in [5.74, 6) is 0.177. The van der Waals surface area contributed by atoms with Gasteiger partial charge in [-0.1, -0.05) is 12.1 Å². The standard InChI is InChI=1S/C17H17FN2O3/c18-13-5-1-6-14(10-13)23-17-12(4-2-8-19-17)11-20-16(21)15-7-3-9-22-15/h1-2,4-6,8,10,15H,3,7,9,11H2,(H,20,21)/t15-/m1/s1. The van der Waals surface area contributed by atoms with E-state index in [2.05, 4.69) is 10.3 Å². The van der Waals surface area contributed by atoms with Gasteiger partial charge in [0.1, 0.15) is 17.7 Å². The van der Waals surface area contributed by atoms with E-state index in [9.17, 15) is 9.18 Å². The van der Waals surface area contributed by atoms with E-state index in [1.807, 2.05) is 0 Å². The number of hydrogen-bond donors (Lipinski definition) is 1. The minimum absolute atomic E-state index is 0.136. The summed E-state index contributed by atoms with van der Waals surface area (Å²) in [7, 11) is 0. The number of carbonyl (C=O) groups is 1. The predicted molar refractivity (Wildman–Crippen MR) is 81.5 cm³/mol. The van der Waals surface area contributed by atoms with Crippen molar-refractivity contribution in [3.63, 3.8) is 0 Å². The normalized spacial score (nSPS) is 17.0. The molecule has 6 heteroatoms. The first-order chi connectivity index (χ1) is 11.2. The molecule has 0 radical (unpaired) electrons. The lowest BCUT2D eigenvalue weighted by molar-refractivity contribution is -0.130. The average Bonchev–Trinajstić information content (AvgIpc) is 3.08. The van der Waals surface area contributed by atoms with Crippen molar-refractivity contribution < 1.29 is 18.7 Å². The largest absolute Gasteiger partial charge is 0.439 e. The number of carbonyl (C=O) groups excluding carboxylic acids is 1. The summed E-state index contributed by atoms with van der Waals surface area (Å²) in [6.07, 6.45) is 2.85. The highest BCUT2D eigenvalue weighted by atomic mass is 19.1. The van der Waals surface area contributed by atoms with Crippen LogP contribution in [0.2, 0.25) is 0 Å². The van der Waals surface area contributed by atoms with Crippen molar-refractivity contribution >= 4 is 5.91 Å². The molecule has 1 amide bonds. The Balaban J connectivity index is 1.66. The first-order valence-electron chi connectivity index (χ1n) is 7.49. The highest BCUT2D eigenvalue weighted by molar-refractivity contribution is 5.80. The van der Waals surface area contributed by atoms with Crippen LogP contribution in [-0.4, -0.2) is 23.6 Å². The fraction of sp³-hybridized carbons (Fsp3) is 0.294. The first kappa shape index (κ1) is 15.4. The molecule has 5 nitrogen and oxygen atoms in total. The van der Waals surface area contributed by atoms with Gasteiger partial charge in [0.05, 0.1) is 0 Å². The molecular weight excluding hydrogens is 299 g/mol. The van der Waals surface area contributed by atoms with Gasteiger partial charge in [0.25, 0.3) is 0 Å². The summed E-state index contributed by atoms with van der Waals surface area (Å²) < 4.78 is 24.2. The Morgan fingerprint density at radius 3 is 3.09 bits per heavy atom. The minimum atomic E-state index is -0.383. The number of nitrogens with one attached hydrogen (secondary N) is 1. The van der Waals surface area contributed by atoms with E-state index in [0.29, 0.717) is 23.8 Å². The van der Waals surface area contributed by atoms with E-state index in [1.165, 1.54) is 12.1 Å². The van der Waals surface area contributed by atoms with Crippen LogP contribution in [0.4, 0.5) is 4.39 Å². The summed E-state index contributed by atoms with van der Waals surface area (Å²) >= 11 is 0. The lowest BCUT2D eigenvalue weighted by Crippen LogP contribution is -2.33. The Morgan fingerprint density at radius 1 is 1.39 bits per heavy atom. The van der Waals surface area contributed by atoms with Crippen LogP contribution in [0.1, 0.15) is 18.4 Å². The van der Waals surface area contributed by atoms with E-state index in [4.69, 9.17) is 9.47 Å². The molecule has 0 spiro atoms. The van der Waals surface area contributed by atoms with Gasteiger partial charge in [0, 0.05) is 31.0 Å². The van der Waals surface area contributed by atoms with Crippen molar-refractivity contribution in [2.24, 2.45) is 0 Å². The molecule has 1 N–H and O–H groups in total. The van der Waals surface area contributed by atoms with E-state index in [-0.39, 0.29) is 24.4 Å². The second-order valence-electron chi connectivity index (χ2n) is 5.25. The van der Waals surface area contributed by atoms with Crippen molar-refractivity contribution in [3.8, 4) is 11.6 Å². The molecule has 2 heterocycles. The predicted octanol–water partition coefficient (Wildman–Crippen LogP) is 2.81. The third-order valence-electron chi connectivity index (χ3n) is 3.54. The summed E-state index contributed by atoms with van der Waals surface area (Å²) in [5.41, 5.74) is 0.711. The number of benzene rings is 1. The molecule has 1 saturated heterocycles. The van der Waals surface area contributed by atoms with Crippen molar-refractivity contribution in [3.05, 3.63) is 54.0 Å². The molecule has 23 heavy (non-hydrogen) atoms. The first-order valence-corrected chi connectivity index (χ1v) is 7.49. The molecule has 1 aliphatic rings. The zero-order valence-electron chi connectivity index (χ0n) is 12.5. The van der Waals surface area contributed by atoms with E-state index >= 15 is 0 Å². The maximum absolute atomic E-state index is 13.2. The Labute approximate surface area is 133 Å². The van der Waals surface area contributed by atoms with Crippen molar-refractivity contribution in [2.75, 3.05) is 6.61 Å². The molecule has 1 aliphatic heterocycles. The van der Waals surface area contributed by atoms with E-state index < -0.39 is 0 Å². The van der Waals surface area contributed by atoms with Crippen molar-refractivity contribution in [1.29, 1.82) is 0 Å². The van der Waals surface area contributed by atoms with Crippen LogP contribution in [-0.2, 0) is 16.1 Å². The second-order valence-corrected chi connectivity index (χ2v) is 5.25. The smallest absolute Gasteiger partial charge is 0.249 e. The van der Waals surface area contributed by atoms with Crippen molar-refractivity contribution in [1.82, 2.24) is 10.3 Å². The Bertz CT molecular complexity index is 687. The van der Waals surface area contributed by atoms with E-state index in [1.54, 1.807) is 30.5 Å². The lowest BCUT2D eigenvalue weighted by Gasteiger charge is -2.13. The highest BCUT2D eigenvalue weighted by Crippen LogP contribution is 2.23. The Kier molecular flexibility index (Phi) is 4.83. The Hall–Kier alpha value is -2.47. The Morgan fingerprint density at radius 2 is 2.30 bits per heavy atom. The number of rotatable bonds is 5. The zero-order valence-corrected chi connectivity index (χ0v) is 12.5. The van der Waals surface area contributed by atoms with Crippen LogP contribution in [0.3, 0.4) is 0 Å². The molecule has 3 rings (SSSR count). The maximum atomic E-state index is 13.2. The summed E-state index contributed by atoms with van der Waals surface area (Å²) in [5, 5.41) is 2.82. The fourth-order valence-electron chi connectivity index (χ4n) is 2.37. The fourth-order valence-corrected chi connectivity index (χ4v) is 2.37. The molecule has 1 aromatic heterocycles. The molecule has 2 aromatic rings. The molecule has 1 fully saturated rings. The lowest BCUT2D eigenvalue weighted by atomic mass is 10.2. The van der Waals surface area contributed by atoms with Crippen LogP contribution < -0.4 is 10.1 Å². The number of ether oxygens (including phenoxy) is 2. The number of aromatic nitrogens is 1. The summed E-state index contributed by atoms with van der Waals surface area (Å²) in [4.78, 5) is 16.1. The maximum Gasteiger partial charge on any atom is 0.249 e. The van der Waals surface area contributed by atoms with Crippen LogP contribution in [0.5, 0.6) is 11.6 Å². The number of halogens is 1. The van der Waals surface area contributed by atoms with Gasteiger partial charge in [0.15, 0.2) is 0 Å². The van der Waals surface area contributed by atoms with Gasteiger partial charge in [-0.25, -0.2) is 9.37 Å². The molecule has 1 atom stereocenters. The van der Waals surface area contributed by atoms with Crippen molar-refractivity contribution in [2.45, 2.75) is 25.5 Å². The third kappa shape index (κ3) is 4.04. The monoisotopic (exact) mass is 316 g/mol. The van der Waals surface area contributed by atoms with Gasteiger partial charge >= 0.3 is 0 Å². The minimum Gasteiger partial charge on any atom is -0.439 e. The van der Waals surface area contributed by atoms with Gasteiger partial charge in [0.2, 0.25) is 11.8 Å². The number of nitrogens with zero attached hydrogens (tertiary/aromatic N) is 1. The van der Waals surface area contributed by atoms with Gasteiger partial charge in [-0.15, -0.1) is 0 Å². The highest BCUT2D eigenvalue weighted by Gasteiger charge is 2.23. The zero-order chi connectivity index (χ0) is 16.1. The molecule has 120 valence electrons. The summed E-state index contributed by atoms with van der Waals surface area (Å²) in [6.45, 7) is 0.899. The van der Waals surface area contributed by atoms with Gasteiger partial charge in [-0.3, -0.25) is 4.79 Å². The van der Waals surface area contributed by atoms with Crippen LogP contribution in [0, 0.1) is 5.82 Å². The molecule has 1 aromatic carbocycles. The molecule has 0 unspecified atom stereocenters. The molecule has 0 saturated carbocycles. The summed E-state index contributed by atoms with van der Waals surface area (Å²) in [6, 6.07) is 9.39. The van der Waals surface area contributed by atoms with Crippen LogP contribution in [0.15, 0.2) is 42.6 Å². The average molecular weight is 316 g/mol. The number of amides is 1. The molecule has 0 bridgehead atoms.